The molecule has 0 fully saturated rings. The first-order chi connectivity index (χ1) is 9.51. The summed E-state index contributed by atoms with van der Waals surface area (Å²) in [5, 5.41) is 4.28. The lowest BCUT2D eigenvalue weighted by Crippen LogP contribution is -2.30. The molecular weight excluding hydrogens is 406 g/mol. The third kappa shape index (κ3) is 3.88. The summed E-state index contributed by atoms with van der Waals surface area (Å²) < 4.78 is 4.06. The predicted molar refractivity (Wildman–Crippen MR) is 88.3 cm³/mol. The van der Waals surface area contributed by atoms with Crippen molar-refractivity contribution in [2.24, 2.45) is 11.8 Å². The minimum Gasteiger partial charge on any atom is -0.271 e. The first-order valence-corrected chi connectivity index (χ1v) is 8.69. The van der Waals surface area contributed by atoms with Gasteiger partial charge in [0.15, 0.2) is 0 Å². The molecule has 1 atom stereocenters. The van der Waals surface area contributed by atoms with Crippen molar-refractivity contribution in [3.63, 3.8) is 0 Å². The molecule has 0 aromatic carbocycles. The number of hydrogen-bond donors (Lipinski definition) is 2. The van der Waals surface area contributed by atoms with E-state index in [9.17, 15) is 0 Å². The lowest BCUT2D eigenvalue weighted by Gasteiger charge is -2.15. The van der Waals surface area contributed by atoms with Gasteiger partial charge in [-0.05, 0) is 43.8 Å². The first-order valence-electron chi connectivity index (χ1n) is 6.28. The summed E-state index contributed by atoms with van der Waals surface area (Å²) in [6.07, 6.45) is 2.31. The fourth-order valence-electron chi connectivity index (χ4n) is 1.90. The molecule has 0 saturated carbocycles. The van der Waals surface area contributed by atoms with Gasteiger partial charge in [0.1, 0.15) is 12.2 Å². The van der Waals surface area contributed by atoms with Gasteiger partial charge in [-0.2, -0.15) is 5.10 Å². The van der Waals surface area contributed by atoms with Gasteiger partial charge in [-0.3, -0.25) is 11.3 Å². The normalized spacial score (nSPS) is 13.1. The van der Waals surface area contributed by atoms with Crippen LogP contribution in [0.1, 0.15) is 30.6 Å². The molecule has 8 heteroatoms. The number of hydrogen-bond acceptors (Lipinski definition) is 5. The monoisotopic (exact) mass is 421 g/mol. The van der Waals surface area contributed by atoms with Gasteiger partial charge in [0.25, 0.3) is 0 Å². The summed E-state index contributed by atoms with van der Waals surface area (Å²) in [6, 6.07) is 2.10. The van der Waals surface area contributed by atoms with Crippen LogP contribution in [0.4, 0.5) is 0 Å². The highest BCUT2D eigenvalue weighted by Crippen LogP contribution is 2.36. The van der Waals surface area contributed by atoms with Gasteiger partial charge in [-0.25, -0.2) is 9.67 Å². The zero-order valence-electron chi connectivity index (χ0n) is 11.3. The second-order valence-corrected chi connectivity index (χ2v) is 8.20. The first kappa shape index (κ1) is 16.1. The number of nitrogens with two attached hydrogens (primary N) is 1. The standard InChI is InChI=1S/C12H17Br2N5S/c1-7(2)5-19-11(16-6-17-19)4-9(18-15)10-3-8(13)12(14)20-10/h3,6-7,9,18H,4-5,15H2,1-2H3. The Kier molecular flexibility index (Phi) is 5.74. The molecule has 5 nitrogen and oxygen atoms in total. The number of halogens is 2. The average Bonchev–Trinajstić information content (AvgIpc) is 2.94. The van der Waals surface area contributed by atoms with E-state index in [0.29, 0.717) is 12.3 Å². The predicted octanol–water partition coefficient (Wildman–Crippen LogP) is 3.27. The molecule has 110 valence electrons. The molecule has 2 aromatic heterocycles. The Hall–Kier alpha value is -0.280. The Morgan fingerprint density at radius 2 is 2.20 bits per heavy atom. The van der Waals surface area contributed by atoms with Gasteiger partial charge in [0, 0.05) is 22.3 Å². The highest BCUT2D eigenvalue weighted by atomic mass is 79.9. The molecule has 0 amide bonds. The van der Waals surface area contributed by atoms with Gasteiger partial charge in [0.05, 0.1) is 9.83 Å². The van der Waals surface area contributed by atoms with E-state index in [4.69, 9.17) is 5.84 Å². The summed E-state index contributed by atoms with van der Waals surface area (Å²) in [6.45, 7) is 5.19. The Morgan fingerprint density at radius 1 is 1.45 bits per heavy atom. The van der Waals surface area contributed by atoms with E-state index in [-0.39, 0.29) is 6.04 Å². The molecular formula is C12H17Br2N5S. The van der Waals surface area contributed by atoms with E-state index in [1.54, 1.807) is 17.7 Å². The molecule has 2 heterocycles. The van der Waals surface area contributed by atoms with E-state index in [0.717, 1.165) is 25.5 Å². The molecule has 0 aliphatic rings. The Bertz CT molecular complexity index is 546. The van der Waals surface area contributed by atoms with Gasteiger partial charge in [0.2, 0.25) is 0 Å². The largest absolute Gasteiger partial charge is 0.271 e. The van der Waals surface area contributed by atoms with Crippen molar-refractivity contribution in [2.45, 2.75) is 32.9 Å². The zero-order valence-corrected chi connectivity index (χ0v) is 15.3. The van der Waals surface area contributed by atoms with E-state index in [2.05, 4.69) is 67.3 Å². The smallest absolute Gasteiger partial charge is 0.138 e. The summed E-state index contributed by atoms with van der Waals surface area (Å²) in [5.41, 5.74) is 2.87. The fourth-order valence-corrected chi connectivity index (χ4v) is 4.05. The van der Waals surface area contributed by atoms with Crippen LogP contribution in [-0.2, 0) is 13.0 Å². The molecule has 1 unspecified atom stereocenters. The van der Waals surface area contributed by atoms with Crippen LogP contribution in [0.15, 0.2) is 20.7 Å². The number of nitrogens with one attached hydrogen (secondary N) is 1. The lowest BCUT2D eigenvalue weighted by molar-refractivity contribution is 0.448. The molecule has 0 spiro atoms. The number of nitrogens with zero attached hydrogens (tertiary/aromatic N) is 3. The van der Waals surface area contributed by atoms with Crippen molar-refractivity contribution >= 4 is 43.2 Å². The molecule has 3 N–H and O–H groups in total. The Balaban J connectivity index is 2.16. The Morgan fingerprint density at radius 3 is 2.75 bits per heavy atom. The van der Waals surface area contributed by atoms with Crippen LogP contribution in [0.3, 0.4) is 0 Å². The van der Waals surface area contributed by atoms with Crippen LogP contribution in [-0.4, -0.2) is 14.8 Å². The fraction of sp³-hybridized carbons (Fsp3) is 0.500. The van der Waals surface area contributed by atoms with Crippen molar-refractivity contribution in [2.75, 3.05) is 0 Å². The van der Waals surface area contributed by atoms with E-state index < -0.39 is 0 Å². The van der Waals surface area contributed by atoms with Gasteiger partial charge >= 0.3 is 0 Å². The van der Waals surface area contributed by atoms with Crippen LogP contribution in [0, 0.1) is 5.92 Å². The number of aromatic nitrogens is 3. The van der Waals surface area contributed by atoms with E-state index in [1.807, 2.05) is 4.68 Å². The molecule has 20 heavy (non-hydrogen) atoms. The maximum absolute atomic E-state index is 5.70. The maximum atomic E-state index is 5.70. The topological polar surface area (TPSA) is 68.8 Å². The van der Waals surface area contributed by atoms with Crippen LogP contribution in [0.5, 0.6) is 0 Å². The van der Waals surface area contributed by atoms with Gasteiger partial charge in [-0.1, -0.05) is 13.8 Å². The maximum Gasteiger partial charge on any atom is 0.138 e. The highest BCUT2D eigenvalue weighted by Gasteiger charge is 2.18. The van der Waals surface area contributed by atoms with Crippen LogP contribution < -0.4 is 11.3 Å². The quantitative estimate of drug-likeness (QED) is 0.553. The van der Waals surface area contributed by atoms with Crippen LogP contribution in [0.25, 0.3) is 0 Å². The third-order valence-corrected chi connectivity index (χ3v) is 6.20. The van der Waals surface area contributed by atoms with Crippen molar-refractivity contribution < 1.29 is 0 Å². The van der Waals surface area contributed by atoms with Crippen LogP contribution in [0.2, 0.25) is 0 Å². The third-order valence-electron chi connectivity index (χ3n) is 2.83. The summed E-state index contributed by atoms with van der Waals surface area (Å²) in [7, 11) is 0. The van der Waals surface area contributed by atoms with Crippen molar-refractivity contribution in [1.29, 1.82) is 0 Å². The zero-order chi connectivity index (χ0) is 14.7. The molecule has 0 bridgehead atoms. The lowest BCUT2D eigenvalue weighted by atomic mass is 10.1. The minimum absolute atomic E-state index is 0.0257. The molecule has 0 aliphatic heterocycles. The molecule has 0 radical (unpaired) electrons. The number of thiophene rings is 1. The van der Waals surface area contributed by atoms with Crippen LogP contribution >= 0.6 is 43.2 Å². The second-order valence-electron chi connectivity index (χ2n) is 4.95. The molecule has 0 aliphatic carbocycles. The SMILES string of the molecule is CC(C)Cn1ncnc1CC(NN)c1cc(Br)c(Br)s1. The number of rotatable bonds is 6. The average molecular weight is 423 g/mol. The van der Waals surface area contributed by atoms with Crippen molar-refractivity contribution in [1.82, 2.24) is 20.2 Å². The highest BCUT2D eigenvalue weighted by molar-refractivity contribution is 9.13. The summed E-state index contributed by atoms with van der Waals surface area (Å²) >= 11 is 8.67. The van der Waals surface area contributed by atoms with Gasteiger partial charge < -0.3 is 0 Å². The second kappa shape index (κ2) is 7.13. The Labute approximate surface area is 139 Å². The summed E-state index contributed by atoms with van der Waals surface area (Å²) in [4.78, 5) is 5.51. The van der Waals surface area contributed by atoms with E-state index in [1.165, 1.54) is 0 Å². The van der Waals surface area contributed by atoms with E-state index >= 15 is 0 Å². The van der Waals surface area contributed by atoms with Crippen molar-refractivity contribution in [3.05, 3.63) is 31.4 Å². The minimum atomic E-state index is 0.0257. The molecule has 2 rings (SSSR count). The summed E-state index contributed by atoms with van der Waals surface area (Å²) in [5.74, 6) is 7.18. The molecule has 2 aromatic rings. The van der Waals surface area contributed by atoms with Crippen molar-refractivity contribution in [3.8, 4) is 0 Å². The molecule has 0 saturated heterocycles. The number of hydrazine groups is 1. The van der Waals surface area contributed by atoms with Gasteiger partial charge in [-0.15, -0.1) is 11.3 Å².